The van der Waals surface area contributed by atoms with Gasteiger partial charge in [0.15, 0.2) is 0 Å². The number of imidazole rings is 1. The van der Waals surface area contributed by atoms with Gasteiger partial charge in [-0.05, 0) is 38.5 Å². The first-order chi connectivity index (χ1) is 8.99. The molecule has 0 bridgehead atoms. The average molecular weight is 298 g/mol. The molecule has 102 valence electrons. The summed E-state index contributed by atoms with van der Waals surface area (Å²) in [6.45, 7) is 6.25. The molecular weight excluding hydrogens is 281 g/mol. The molecule has 1 N–H and O–H groups in total. The maximum Gasteiger partial charge on any atom is 0.203 e. The Labute approximate surface area is 123 Å². The average Bonchev–Trinajstić information content (AvgIpc) is 2.75. The van der Waals surface area contributed by atoms with Gasteiger partial charge in [-0.2, -0.15) is 0 Å². The Morgan fingerprint density at radius 1 is 1.21 bits per heavy atom. The van der Waals surface area contributed by atoms with Crippen LogP contribution in [0.2, 0.25) is 10.0 Å². The van der Waals surface area contributed by atoms with Crippen molar-refractivity contribution in [1.82, 2.24) is 9.55 Å². The summed E-state index contributed by atoms with van der Waals surface area (Å²) in [6, 6.07) is 5.99. The molecule has 1 heterocycles. The molecule has 0 aliphatic heterocycles. The number of benzene rings is 1. The van der Waals surface area contributed by atoms with E-state index in [-0.39, 0.29) is 6.04 Å². The minimum atomic E-state index is 0.0912. The Morgan fingerprint density at radius 2 is 1.95 bits per heavy atom. The quantitative estimate of drug-likeness (QED) is 0.892. The molecule has 3 nitrogen and oxygen atoms in total. The molecule has 1 atom stereocenters. The third-order valence-electron chi connectivity index (χ3n) is 2.92. The van der Waals surface area contributed by atoms with Gasteiger partial charge in [0.25, 0.3) is 0 Å². The van der Waals surface area contributed by atoms with Crippen LogP contribution in [0.5, 0.6) is 0 Å². The molecule has 5 heteroatoms. The molecule has 2 aromatic rings. The third kappa shape index (κ3) is 3.23. The summed E-state index contributed by atoms with van der Waals surface area (Å²) in [6.07, 6.45) is 3.73. The van der Waals surface area contributed by atoms with Crippen LogP contribution in [-0.2, 0) is 0 Å². The van der Waals surface area contributed by atoms with Crippen LogP contribution in [-0.4, -0.2) is 15.6 Å². The van der Waals surface area contributed by atoms with Crippen molar-refractivity contribution in [2.24, 2.45) is 0 Å². The molecule has 0 aliphatic carbocycles. The Kier molecular flexibility index (Phi) is 4.38. The summed E-state index contributed by atoms with van der Waals surface area (Å²) in [5.74, 6) is 0.841. The van der Waals surface area contributed by atoms with Gasteiger partial charge in [0.1, 0.15) is 0 Å². The van der Waals surface area contributed by atoms with Crippen molar-refractivity contribution in [1.29, 1.82) is 0 Å². The smallest absolute Gasteiger partial charge is 0.203 e. The molecule has 0 spiro atoms. The van der Waals surface area contributed by atoms with Crippen molar-refractivity contribution >= 4 is 29.2 Å². The highest BCUT2D eigenvalue weighted by Gasteiger charge is 2.15. The van der Waals surface area contributed by atoms with Crippen molar-refractivity contribution in [3.05, 3.63) is 46.2 Å². The molecular formula is C14H17Cl2N3. The minimum absolute atomic E-state index is 0.0912. The van der Waals surface area contributed by atoms with Gasteiger partial charge in [-0.25, -0.2) is 4.98 Å². The summed E-state index contributed by atoms with van der Waals surface area (Å²) in [4.78, 5) is 4.33. The predicted molar refractivity (Wildman–Crippen MR) is 81.3 cm³/mol. The van der Waals surface area contributed by atoms with Crippen LogP contribution in [0.25, 0.3) is 0 Å². The van der Waals surface area contributed by atoms with Gasteiger partial charge in [0.05, 0.1) is 6.04 Å². The van der Waals surface area contributed by atoms with Crippen LogP contribution in [0.15, 0.2) is 30.6 Å². The van der Waals surface area contributed by atoms with E-state index < -0.39 is 0 Å². The van der Waals surface area contributed by atoms with E-state index in [2.05, 4.69) is 35.6 Å². The topological polar surface area (TPSA) is 29.9 Å². The molecule has 2 rings (SSSR count). The fourth-order valence-corrected chi connectivity index (χ4v) is 2.55. The number of hydrogen-bond acceptors (Lipinski definition) is 2. The zero-order chi connectivity index (χ0) is 14.0. The summed E-state index contributed by atoms with van der Waals surface area (Å²) in [5.41, 5.74) is 1.02. The first-order valence-corrected chi connectivity index (χ1v) is 6.99. The SMILES string of the molecule is CC(C)Nc1nccn1C(C)c1ccc(Cl)cc1Cl. The van der Waals surface area contributed by atoms with E-state index in [9.17, 15) is 0 Å². The molecule has 1 unspecified atom stereocenters. The molecule has 0 radical (unpaired) electrons. The van der Waals surface area contributed by atoms with Gasteiger partial charge in [-0.15, -0.1) is 0 Å². The Morgan fingerprint density at radius 3 is 2.58 bits per heavy atom. The Balaban J connectivity index is 2.33. The lowest BCUT2D eigenvalue weighted by molar-refractivity contribution is 0.638. The lowest BCUT2D eigenvalue weighted by atomic mass is 10.1. The van der Waals surface area contributed by atoms with Crippen molar-refractivity contribution in [2.45, 2.75) is 32.9 Å². The molecule has 0 saturated carbocycles. The molecule has 0 aliphatic rings. The monoisotopic (exact) mass is 297 g/mol. The number of nitrogens with zero attached hydrogens (tertiary/aromatic N) is 2. The largest absolute Gasteiger partial charge is 0.353 e. The van der Waals surface area contributed by atoms with Crippen molar-refractivity contribution < 1.29 is 0 Å². The molecule has 0 fully saturated rings. The zero-order valence-electron chi connectivity index (χ0n) is 11.2. The predicted octanol–water partition coefficient (Wildman–Crippen LogP) is 4.62. The maximum atomic E-state index is 6.26. The number of hydrogen-bond donors (Lipinski definition) is 1. The molecule has 1 aromatic carbocycles. The van der Waals surface area contributed by atoms with E-state index in [4.69, 9.17) is 23.2 Å². The van der Waals surface area contributed by atoms with Gasteiger partial charge in [0.2, 0.25) is 5.95 Å². The number of anilines is 1. The van der Waals surface area contributed by atoms with Crippen LogP contribution in [0.1, 0.15) is 32.4 Å². The van der Waals surface area contributed by atoms with Gasteiger partial charge in [-0.1, -0.05) is 29.3 Å². The highest BCUT2D eigenvalue weighted by molar-refractivity contribution is 6.35. The van der Waals surface area contributed by atoms with Gasteiger partial charge in [0, 0.05) is 28.5 Å². The van der Waals surface area contributed by atoms with E-state index in [1.54, 1.807) is 12.3 Å². The summed E-state index contributed by atoms with van der Waals surface area (Å²) in [7, 11) is 0. The highest BCUT2D eigenvalue weighted by atomic mass is 35.5. The third-order valence-corrected chi connectivity index (χ3v) is 3.48. The minimum Gasteiger partial charge on any atom is -0.353 e. The molecule has 19 heavy (non-hydrogen) atoms. The number of nitrogens with one attached hydrogen (secondary N) is 1. The summed E-state index contributed by atoms with van der Waals surface area (Å²) < 4.78 is 2.06. The Hall–Kier alpha value is -1.19. The zero-order valence-corrected chi connectivity index (χ0v) is 12.7. The first-order valence-electron chi connectivity index (χ1n) is 6.23. The number of rotatable bonds is 4. The summed E-state index contributed by atoms with van der Waals surface area (Å²) >= 11 is 12.2. The van der Waals surface area contributed by atoms with Crippen LogP contribution >= 0.6 is 23.2 Å². The van der Waals surface area contributed by atoms with Crippen LogP contribution in [0.3, 0.4) is 0 Å². The lowest BCUT2D eigenvalue weighted by Crippen LogP contribution is -2.17. The Bertz CT molecular complexity index is 564. The molecule has 1 aromatic heterocycles. The first kappa shape index (κ1) is 14.2. The second-order valence-corrected chi connectivity index (χ2v) is 5.64. The summed E-state index contributed by atoms with van der Waals surface area (Å²) in [5, 5.41) is 4.63. The van der Waals surface area contributed by atoms with Crippen LogP contribution < -0.4 is 5.32 Å². The standard InChI is InChI=1S/C14H17Cl2N3/c1-9(2)18-14-17-6-7-19(14)10(3)12-5-4-11(15)8-13(12)16/h4-10H,1-3H3,(H,17,18). The second-order valence-electron chi connectivity index (χ2n) is 4.80. The van der Waals surface area contributed by atoms with E-state index in [1.807, 2.05) is 18.3 Å². The van der Waals surface area contributed by atoms with Crippen LogP contribution in [0, 0.1) is 0 Å². The van der Waals surface area contributed by atoms with Gasteiger partial charge in [-0.3, -0.25) is 0 Å². The van der Waals surface area contributed by atoms with E-state index in [0.29, 0.717) is 16.1 Å². The van der Waals surface area contributed by atoms with E-state index in [0.717, 1.165) is 11.5 Å². The van der Waals surface area contributed by atoms with Crippen molar-refractivity contribution in [3.63, 3.8) is 0 Å². The van der Waals surface area contributed by atoms with Crippen molar-refractivity contribution in [2.75, 3.05) is 5.32 Å². The van der Waals surface area contributed by atoms with Gasteiger partial charge >= 0.3 is 0 Å². The molecule has 0 amide bonds. The lowest BCUT2D eigenvalue weighted by Gasteiger charge is -2.19. The number of aromatic nitrogens is 2. The normalized spacial score (nSPS) is 12.7. The maximum absolute atomic E-state index is 6.26. The van der Waals surface area contributed by atoms with E-state index >= 15 is 0 Å². The second kappa shape index (κ2) is 5.85. The fraction of sp³-hybridized carbons (Fsp3) is 0.357. The van der Waals surface area contributed by atoms with Gasteiger partial charge < -0.3 is 9.88 Å². The van der Waals surface area contributed by atoms with Crippen molar-refractivity contribution in [3.8, 4) is 0 Å². The number of halogens is 2. The highest BCUT2D eigenvalue weighted by Crippen LogP contribution is 2.30. The van der Waals surface area contributed by atoms with Crippen LogP contribution in [0.4, 0.5) is 5.95 Å². The fourth-order valence-electron chi connectivity index (χ4n) is 1.99. The van der Waals surface area contributed by atoms with E-state index in [1.165, 1.54) is 0 Å². The molecule has 0 saturated heterocycles.